The maximum Gasteiger partial charge on any atom is 0.0732 e. The van der Waals surface area contributed by atoms with Gasteiger partial charge in [-0.15, -0.1) is 0 Å². The van der Waals surface area contributed by atoms with Crippen molar-refractivity contribution in [2.75, 3.05) is 33.8 Å². The summed E-state index contributed by atoms with van der Waals surface area (Å²) in [5.41, 5.74) is 1.20. The van der Waals surface area contributed by atoms with Crippen molar-refractivity contribution in [1.29, 1.82) is 0 Å². The summed E-state index contributed by atoms with van der Waals surface area (Å²) in [5, 5.41) is 0. The van der Waals surface area contributed by atoms with Crippen molar-refractivity contribution < 1.29 is 4.74 Å². The molecule has 1 fully saturated rings. The number of nitrogens with zero attached hydrogens (tertiary/aromatic N) is 2. The number of allylic oxidation sites excluding steroid dienone is 1. The third-order valence-corrected chi connectivity index (χ3v) is 2.91. The van der Waals surface area contributed by atoms with Gasteiger partial charge < -0.3 is 9.64 Å². The molecule has 0 bridgehead atoms. The van der Waals surface area contributed by atoms with E-state index in [1.165, 1.54) is 5.57 Å². The highest BCUT2D eigenvalue weighted by molar-refractivity contribution is 5.78. The Hall–Kier alpha value is -0.670. The smallest absolute Gasteiger partial charge is 0.0732 e. The highest BCUT2D eigenvalue weighted by Gasteiger charge is 2.16. The van der Waals surface area contributed by atoms with Gasteiger partial charge in [-0.2, -0.15) is 0 Å². The minimum absolute atomic E-state index is 0.432. The fraction of sp³-hybridized carbons (Fsp3) is 0.769. The zero-order chi connectivity index (χ0) is 11.8. The molecule has 0 aromatic rings. The number of rotatable bonds is 5. The maximum absolute atomic E-state index is 5.91. The van der Waals surface area contributed by atoms with Crippen LogP contribution in [0.3, 0.4) is 0 Å². The molecule has 1 heterocycles. The Labute approximate surface area is 99.2 Å². The van der Waals surface area contributed by atoms with Crippen molar-refractivity contribution in [3.05, 3.63) is 11.6 Å². The van der Waals surface area contributed by atoms with Crippen LogP contribution in [0.5, 0.6) is 0 Å². The van der Waals surface area contributed by atoms with Gasteiger partial charge in [-0.1, -0.05) is 13.0 Å². The molecule has 1 aliphatic heterocycles. The van der Waals surface area contributed by atoms with Gasteiger partial charge in [0.25, 0.3) is 0 Å². The van der Waals surface area contributed by atoms with Gasteiger partial charge in [0.15, 0.2) is 0 Å². The first-order chi connectivity index (χ1) is 7.76. The lowest BCUT2D eigenvalue weighted by Crippen LogP contribution is -2.34. The number of piperidine rings is 1. The largest absolute Gasteiger partial charge is 0.373 e. The van der Waals surface area contributed by atoms with Crippen LogP contribution in [-0.2, 0) is 4.74 Å². The third kappa shape index (κ3) is 4.90. The summed E-state index contributed by atoms with van der Waals surface area (Å²) in [5.74, 6) is 0. The van der Waals surface area contributed by atoms with Crippen molar-refractivity contribution in [2.24, 2.45) is 4.99 Å². The minimum Gasteiger partial charge on any atom is -0.373 e. The predicted molar refractivity (Wildman–Crippen MR) is 69.3 cm³/mol. The normalized spacial score (nSPS) is 20.8. The average Bonchev–Trinajstić information content (AvgIpc) is 2.29. The lowest BCUT2D eigenvalue weighted by molar-refractivity contribution is 0.0263. The molecule has 92 valence electrons. The van der Waals surface area contributed by atoms with Crippen LogP contribution in [0.2, 0.25) is 0 Å². The molecular weight excluding hydrogens is 200 g/mol. The van der Waals surface area contributed by atoms with Crippen LogP contribution in [0.25, 0.3) is 0 Å². The van der Waals surface area contributed by atoms with Crippen LogP contribution in [-0.4, -0.2) is 51.0 Å². The van der Waals surface area contributed by atoms with Crippen molar-refractivity contribution in [3.63, 3.8) is 0 Å². The molecule has 0 aromatic carbocycles. The SMILES string of the molecule is CC/C=C(\C=NC)COC1CCN(C)CC1. The zero-order valence-electron chi connectivity index (χ0n) is 10.8. The molecule has 0 aliphatic carbocycles. The first-order valence-corrected chi connectivity index (χ1v) is 6.17. The van der Waals surface area contributed by atoms with Crippen LogP contribution in [0, 0.1) is 0 Å². The van der Waals surface area contributed by atoms with Crippen molar-refractivity contribution in [2.45, 2.75) is 32.3 Å². The quantitative estimate of drug-likeness (QED) is 0.668. The monoisotopic (exact) mass is 224 g/mol. The predicted octanol–water partition coefficient (Wildman–Crippen LogP) is 2.13. The van der Waals surface area contributed by atoms with Crippen molar-refractivity contribution in [3.8, 4) is 0 Å². The molecule has 0 aromatic heterocycles. The number of hydrogen-bond acceptors (Lipinski definition) is 3. The molecule has 0 amide bonds. The summed E-state index contributed by atoms with van der Waals surface area (Å²) < 4.78 is 5.91. The topological polar surface area (TPSA) is 24.8 Å². The van der Waals surface area contributed by atoms with Crippen LogP contribution in [0.1, 0.15) is 26.2 Å². The van der Waals surface area contributed by atoms with Gasteiger partial charge in [0, 0.05) is 26.4 Å². The number of ether oxygens (including phenoxy) is 1. The van der Waals surface area contributed by atoms with Crippen LogP contribution >= 0.6 is 0 Å². The fourth-order valence-electron chi connectivity index (χ4n) is 1.94. The first-order valence-electron chi connectivity index (χ1n) is 6.17. The Morgan fingerprint density at radius 3 is 2.69 bits per heavy atom. The fourth-order valence-corrected chi connectivity index (χ4v) is 1.94. The van der Waals surface area contributed by atoms with E-state index in [0.29, 0.717) is 12.7 Å². The minimum atomic E-state index is 0.432. The third-order valence-electron chi connectivity index (χ3n) is 2.91. The molecule has 1 aliphatic rings. The molecule has 16 heavy (non-hydrogen) atoms. The summed E-state index contributed by atoms with van der Waals surface area (Å²) >= 11 is 0. The molecule has 1 rings (SSSR count). The molecule has 0 saturated carbocycles. The second-order valence-electron chi connectivity index (χ2n) is 4.39. The van der Waals surface area contributed by atoms with E-state index in [0.717, 1.165) is 32.4 Å². The van der Waals surface area contributed by atoms with Gasteiger partial charge in [-0.05, 0) is 31.9 Å². The highest BCUT2D eigenvalue weighted by Crippen LogP contribution is 2.13. The number of hydrogen-bond donors (Lipinski definition) is 0. The summed E-state index contributed by atoms with van der Waals surface area (Å²) in [6.07, 6.45) is 7.86. The van der Waals surface area contributed by atoms with E-state index in [1.54, 1.807) is 7.05 Å². The molecule has 0 spiro atoms. The van der Waals surface area contributed by atoms with Crippen LogP contribution < -0.4 is 0 Å². The Morgan fingerprint density at radius 2 is 2.12 bits per heavy atom. The molecular formula is C13H24N2O. The summed E-state index contributed by atoms with van der Waals surface area (Å²) in [6.45, 7) is 5.15. The summed E-state index contributed by atoms with van der Waals surface area (Å²) in [4.78, 5) is 6.41. The second-order valence-corrected chi connectivity index (χ2v) is 4.39. The maximum atomic E-state index is 5.91. The standard InChI is InChI=1S/C13H24N2O/c1-4-5-12(10-14-2)11-16-13-6-8-15(3)9-7-13/h5,10,13H,4,6-9,11H2,1-3H3/b12-5+,14-10?. The van der Waals surface area contributed by atoms with E-state index < -0.39 is 0 Å². The van der Waals surface area contributed by atoms with Gasteiger partial charge in [0.2, 0.25) is 0 Å². The van der Waals surface area contributed by atoms with Crippen LogP contribution in [0.4, 0.5) is 0 Å². The molecule has 3 heteroatoms. The first kappa shape index (κ1) is 13.4. The zero-order valence-corrected chi connectivity index (χ0v) is 10.8. The van der Waals surface area contributed by atoms with Crippen molar-refractivity contribution in [1.82, 2.24) is 4.90 Å². The molecule has 0 N–H and O–H groups in total. The average molecular weight is 224 g/mol. The Balaban J connectivity index is 2.29. The van der Waals surface area contributed by atoms with E-state index in [2.05, 4.69) is 29.9 Å². The molecule has 1 saturated heterocycles. The lowest BCUT2D eigenvalue weighted by Gasteiger charge is -2.28. The highest BCUT2D eigenvalue weighted by atomic mass is 16.5. The van der Waals surface area contributed by atoms with E-state index in [4.69, 9.17) is 4.74 Å². The molecule has 0 radical (unpaired) electrons. The van der Waals surface area contributed by atoms with Gasteiger partial charge in [0.05, 0.1) is 12.7 Å². The van der Waals surface area contributed by atoms with E-state index in [-0.39, 0.29) is 0 Å². The van der Waals surface area contributed by atoms with Gasteiger partial charge in [-0.25, -0.2) is 0 Å². The number of aliphatic imine (C=N–C) groups is 1. The van der Waals surface area contributed by atoms with Gasteiger partial charge in [-0.3, -0.25) is 4.99 Å². The van der Waals surface area contributed by atoms with E-state index >= 15 is 0 Å². The number of likely N-dealkylation sites (tertiary alicyclic amines) is 1. The second kappa shape index (κ2) is 7.58. The molecule has 0 unspecified atom stereocenters. The Bertz CT molecular complexity index is 240. The van der Waals surface area contributed by atoms with Crippen LogP contribution in [0.15, 0.2) is 16.6 Å². The summed E-state index contributed by atoms with van der Waals surface area (Å²) in [7, 11) is 3.97. The molecule has 3 nitrogen and oxygen atoms in total. The summed E-state index contributed by atoms with van der Waals surface area (Å²) in [6, 6.07) is 0. The molecule has 0 atom stereocenters. The van der Waals surface area contributed by atoms with Gasteiger partial charge in [0.1, 0.15) is 0 Å². The van der Waals surface area contributed by atoms with E-state index in [9.17, 15) is 0 Å². The Morgan fingerprint density at radius 1 is 1.44 bits per heavy atom. The lowest BCUT2D eigenvalue weighted by atomic mass is 10.1. The van der Waals surface area contributed by atoms with Gasteiger partial charge >= 0.3 is 0 Å². The Kier molecular flexibility index (Phi) is 6.34. The van der Waals surface area contributed by atoms with Crippen molar-refractivity contribution >= 4 is 6.21 Å². The van der Waals surface area contributed by atoms with E-state index in [1.807, 2.05) is 6.21 Å².